The van der Waals surface area contributed by atoms with Crippen molar-refractivity contribution in [2.45, 2.75) is 12.2 Å². The Kier molecular flexibility index (Phi) is 4.69. The standard InChI is InChI=1S/C20H18O6/c21-19(13-1-5-15(6-2-13)23-9-17-11-25-17)20(22)14-3-7-16(8-4-14)24-10-18-12-26-18/h1-8,17-18H,9-12H2. The van der Waals surface area contributed by atoms with Gasteiger partial charge in [0, 0.05) is 11.1 Å². The molecule has 0 spiro atoms. The molecular weight excluding hydrogens is 336 g/mol. The summed E-state index contributed by atoms with van der Waals surface area (Å²) in [5, 5.41) is 0. The van der Waals surface area contributed by atoms with Crippen molar-refractivity contribution in [2.24, 2.45) is 0 Å². The van der Waals surface area contributed by atoms with Crippen molar-refractivity contribution in [3.8, 4) is 11.5 Å². The van der Waals surface area contributed by atoms with Gasteiger partial charge in [0.15, 0.2) is 0 Å². The summed E-state index contributed by atoms with van der Waals surface area (Å²) in [5.41, 5.74) is 0.660. The van der Waals surface area contributed by atoms with Crippen LogP contribution < -0.4 is 9.47 Å². The van der Waals surface area contributed by atoms with E-state index in [2.05, 4.69) is 0 Å². The molecule has 2 atom stereocenters. The van der Waals surface area contributed by atoms with Crippen LogP contribution in [0.25, 0.3) is 0 Å². The molecule has 0 aromatic heterocycles. The zero-order valence-corrected chi connectivity index (χ0v) is 14.1. The Morgan fingerprint density at radius 3 is 1.38 bits per heavy atom. The fourth-order valence-corrected chi connectivity index (χ4v) is 2.37. The van der Waals surface area contributed by atoms with Crippen molar-refractivity contribution in [1.29, 1.82) is 0 Å². The van der Waals surface area contributed by atoms with Gasteiger partial charge < -0.3 is 18.9 Å². The first-order valence-electron chi connectivity index (χ1n) is 8.47. The molecule has 0 radical (unpaired) electrons. The monoisotopic (exact) mass is 354 g/mol. The first-order chi connectivity index (χ1) is 12.7. The van der Waals surface area contributed by atoms with E-state index in [1.165, 1.54) is 0 Å². The van der Waals surface area contributed by atoms with Crippen LogP contribution in [-0.4, -0.2) is 50.2 Å². The number of carbonyl (C=O) groups excluding carboxylic acids is 2. The lowest BCUT2D eigenvalue weighted by Gasteiger charge is -2.06. The summed E-state index contributed by atoms with van der Waals surface area (Å²) < 4.78 is 21.2. The predicted octanol–water partition coefficient (Wildman–Crippen LogP) is 2.31. The maximum absolute atomic E-state index is 12.4. The second kappa shape index (κ2) is 7.27. The Morgan fingerprint density at radius 2 is 1.08 bits per heavy atom. The van der Waals surface area contributed by atoms with Crippen LogP contribution in [0.2, 0.25) is 0 Å². The SMILES string of the molecule is O=C(C(=O)c1ccc(OCC2CO2)cc1)c1ccc(OCC2CO2)cc1. The van der Waals surface area contributed by atoms with E-state index in [-0.39, 0.29) is 12.2 Å². The van der Waals surface area contributed by atoms with Crippen molar-refractivity contribution in [3.63, 3.8) is 0 Å². The topological polar surface area (TPSA) is 77.7 Å². The molecule has 26 heavy (non-hydrogen) atoms. The van der Waals surface area contributed by atoms with Gasteiger partial charge in [-0.1, -0.05) is 0 Å². The molecule has 0 amide bonds. The van der Waals surface area contributed by atoms with Crippen LogP contribution in [0.3, 0.4) is 0 Å². The van der Waals surface area contributed by atoms with E-state index in [9.17, 15) is 9.59 Å². The van der Waals surface area contributed by atoms with Gasteiger partial charge in [0.05, 0.1) is 13.2 Å². The number of epoxide rings is 2. The highest BCUT2D eigenvalue weighted by molar-refractivity contribution is 6.49. The summed E-state index contributed by atoms with van der Waals surface area (Å²) in [7, 11) is 0. The predicted molar refractivity (Wildman–Crippen MR) is 92.0 cm³/mol. The third-order valence-electron chi connectivity index (χ3n) is 4.12. The number of hydrogen-bond donors (Lipinski definition) is 0. The zero-order chi connectivity index (χ0) is 17.9. The van der Waals surface area contributed by atoms with Crippen molar-refractivity contribution < 1.29 is 28.5 Å². The maximum Gasteiger partial charge on any atom is 0.233 e. The molecule has 2 saturated heterocycles. The number of rotatable bonds is 9. The van der Waals surface area contributed by atoms with Gasteiger partial charge in [0.25, 0.3) is 0 Å². The van der Waals surface area contributed by atoms with Gasteiger partial charge in [-0.3, -0.25) is 9.59 Å². The molecule has 0 aliphatic carbocycles. The van der Waals surface area contributed by atoms with E-state index < -0.39 is 11.6 Å². The van der Waals surface area contributed by atoms with E-state index in [1.54, 1.807) is 48.5 Å². The molecule has 2 aliphatic rings. The lowest BCUT2D eigenvalue weighted by atomic mass is 10.0. The molecule has 2 aromatic carbocycles. The number of ether oxygens (including phenoxy) is 4. The average molecular weight is 354 g/mol. The number of ketones is 2. The molecule has 2 aliphatic heterocycles. The van der Waals surface area contributed by atoms with E-state index in [0.29, 0.717) is 35.8 Å². The van der Waals surface area contributed by atoms with Crippen molar-refractivity contribution in [3.05, 3.63) is 59.7 Å². The van der Waals surface area contributed by atoms with Gasteiger partial charge in [0.1, 0.15) is 36.9 Å². The average Bonchev–Trinajstić information content (AvgIpc) is 3.59. The molecule has 0 saturated carbocycles. The van der Waals surface area contributed by atoms with E-state index in [1.807, 2.05) is 0 Å². The first-order valence-corrected chi connectivity index (χ1v) is 8.47. The third kappa shape index (κ3) is 4.28. The van der Waals surface area contributed by atoms with Crippen molar-refractivity contribution >= 4 is 11.6 Å². The Labute approximate surface area is 150 Å². The number of hydrogen-bond acceptors (Lipinski definition) is 6. The Morgan fingerprint density at radius 1 is 0.731 bits per heavy atom. The number of benzene rings is 2. The molecule has 4 rings (SSSR count). The van der Waals surface area contributed by atoms with Gasteiger partial charge in [-0.15, -0.1) is 0 Å². The molecule has 2 unspecified atom stereocenters. The molecule has 134 valence electrons. The maximum atomic E-state index is 12.4. The van der Waals surface area contributed by atoms with Crippen LogP contribution in [0, 0.1) is 0 Å². The summed E-state index contributed by atoms with van der Waals surface area (Å²) in [5.74, 6) is 0.181. The molecular formula is C20H18O6. The lowest BCUT2D eigenvalue weighted by molar-refractivity contribution is 0.0817. The molecule has 2 heterocycles. The van der Waals surface area contributed by atoms with Gasteiger partial charge in [-0.2, -0.15) is 0 Å². The highest BCUT2D eigenvalue weighted by atomic mass is 16.6. The Bertz CT molecular complexity index is 719. The van der Waals surface area contributed by atoms with Gasteiger partial charge in [-0.05, 0) is 48.5 Å². The smallest absolute Gasteiger partial charge is 0.233 e. The first kappa shape index (κ1) is 16.8. The summed E-state index contributed by atoms with van der Waals surface area (Å²) in [6.07, 6.45) is 0.336. The second-order valence-electron chi connectivity index (χ2n) is 6.24. The summed E-state index contributed by atoms with van der Waals surface area (Å²) in [6, 6.07) is 13.1. The lowest BCUT2D eigenvalue weighted by Crippen LogP contribution is -2.14. The van der Waals surface area contributed by atoms with Gasteiger partial charge in [0.2, 0.25) is 11.6 Å². The summed E-state index contributed by atoms with van der Waals surface area (Å²) in [4.78, 5) is 24.8. The molecule has 2 aromatic rings. The van der Waals surface area contributed by atoms with Crippen molar-refractivity contribution in [1.82, 2.24) is 0 Å². The van der Waals surface area contributed by atoms with Crippen LogP contribution in [-0.2, 0) is 9.47 Å². The van der Waals surface area contributed by atoms with Crippen LogP contribution in [0.1, 0.15) is 20.7 Å². The summed E-state index contributed by atoms with van der Waals surface area (Å²) >= 11 is 0. The van der Waals surface area contributed by atoms with Crippen LogP contribution in [0.15, 0.2) is 48.5 Å². The summed E-state index contributed by atoms with van der Waals surface area (Å²) in [6.45, 7) is 2.44. The van der Waals surface area contributed by atoms with Crippen LogP contribution in [0.5, 0.6) is 11.5 Å². The number of carbonyl (C=O) groups is 2. The van der Waals surface area contributed by atoms with Crippen LogP contribution >= 0.6 is 0 Å². The minimum Gasteiger partial charge on any atom is -0.491 e. The minimum atomic E-state index is -0.554. The quantitative estimate of drug-likeness (QED) is 0.391. The Hall–Kier alpha value is -2.70. The third-order valence-corrected chi connectivity index (χ3v) is 4.12. The minimum absolute atomic E-state index is 0.168. The zero-order valence-electron chi connectivity index (χ0n) is 14.1. The number of Topliss-reactive ketones (excluding diaryl/α,β-unsaturated/α-hetero) is 2. The normalized spacial score (nSPS) is 20.3. The fraction of sp³-hybridized carbons (Fsp3) is 0.300. The van der Waals surface area contributed by atoms with E-state index in [0.717, 1.165) is 13.2 Å². The Balaban J connectivity index is 1.35. The van der Waals surface area contributed by atoms with Gasteiger partial charge >= 0.3 is 0 Å². The van der Waals surface area contributed by atoms with Crippen molar-refractivity contribution in [2.75, 3.05) is 26.4 Å². The van der Waals surface area contributed by atoms with Crippen LogP contribution in [0.4, 0.5) is 0 Å². The molecule has 0 N–H and O–H groups in total. The molecule has 2 fully saturated rings. The molecule has 0 bridgehead atoms. The van der Waals surface area contributed by atoms with Gasteiger partial charge in [-0.25, -0.2) is 0 Å². The highest BCUT2D eigenvalue weighted by Gasteiger charge is 2.24. The molecule has 6 heteroatoms. The largest absolute Gasteiger partial charge is 0.491 e. The van der Waals surface area contributed by atoms with E-state index in [4.69, 9.17) is 18.9 Å². The molecule has 6 nitrogen and oxygen atoms in total. The van der Waals surface area contributed by atoms with E-state index >= 15 is 0 Å². The second-order valence-corrected chi connectivity index (χ2v) is 6.24. The highest BCUT2D eigenvalue weighted by Crippen LogP contribution is 2.19. The fourth-order valence-electron chi connectivity index (χ4n) is 2.37.